The van der Waals surface area contributed by atoms with Crippen LogP contribution in [0.15, 0.2) is 36.4 Å². The van der Waals surface area contributed by atoms with Gasteiger partial charge in [0, 0.05) is 13.7 Å². The largest absolute Gasteiger partial charge is 0.489 e. The van der Waals surface area contributed by atoms with Crippen molar-refractivity contribution in [2.24, 2.45) is 5.73 Å². The second-order valence-electron chi connectivity index (χ2n) is 3.32. The lowest BCUT2D eigenvalue weighted by Crippen LogP contribution is -2.09. The van der Waals surface area contributed by atoms with Gasteiger partial charge in [-0.1, -0.05) is 18.7 Å². The lowest BCUT2D eigenvalue weighted by Gasteiger charge is -2.08. The number of ether oxygens (including phenoxy) is 2. The molecule has 15 heavy (non-hydrogen) atoms. The summed E-state index contributed by atoms with van der Waals surface area (Å²) >= 11 is 0. The van der Waals surface area contributed by atoms with Crippen LogP contribution in [0, 0.1) is 0 Å². The predicted octanol–water partition coefficient (Wildman–Crippen LogP) is 1.73. The fourth-order valence-corrected chi connectivity index (χ4v) is 1.14. The summed E-state index contributed by atoms with van der Waals surface area (Å²) in [5.74, 6) is 0.819. The summed E-state index contributed by atoms with van der Waals surface area (Å²) in [5, 5.41) is 0. The molecule has 0 spiro atoms. The van der Waals surface area contributed by atoms with Crippen LogP contribution in [0.3, 0.4) is 0 Å². The van der Waals surface area contributed by atoms with Crippen LogP contribution < -0.4 is 10.5 Å². The minimum absolute atomic E-state index is 0.456. The Balaban J connectivity index is 2.53. The average molecular weight is 207 g/mol. The van der Waals surface area contributed by atoms with Crippen molar-refractivity contribution in [3.8, 4) is 5.75 Å². The number of benzene rings is 1. The quantitative estimate of drug-likeness (QED) is 0.722. The first-order valence-corrected chi connectivity index (χ1v) is 4.83. The van der Waals surface area contributed by atoms with Crippen LogP contribution in [0.4, 0.5) is 0 Å². The summed E-state index contributed by atoms with van der Waals surface area (Å²) in [6, 6.07) is 7.79. The van der Waals surface area contributed by atoms with E-state index in [1.807, 2.05) is 24.3 Å². The molecular formula is C12H17NO2. The van der Waals surface area contributed by atoms with E-state index in [9.17, 15) is 0 Å². The zero-order chi connectivity index (χ0) is 11.1. The maximum absolute atomic E-state index is 5.51. The molecule has 0 radical (unpaired) electrons. The van der Waals surface area contributed by atoms with E-state index >= 15 is 0 Å². The summed E-state index contributed by atoms with van der Waals surface area (Å²) in [5.41, 5.74) is 7.39. The molecule has 0 saturated carbocycles. The lowest BCUT2D eigenvalue weighted by molar-refractivity contribution is 0.184. The molecule has 0 bridgehead atoms. The van der Waals surface area contributed by atoms with Crippen LogP contribution in [0.2, 0.25) is 0 Å². The normalized spacial score (nSPS) is 10.0. The van der Waals surface area contributed by atoms with E-state index in [1.54, 1.807) is 7.11 Å². The molecule has 1 rings (SSSR count). The Morgan fingerprint density at radius 1 is 1.47 bits per heavy atom. The topological polar surface area (TPSA) is 44.5 Å². The molecule has 3 heteroatoms. The maximum atomic E-state index is 5.51. The van der Waals surface area contributed by atoms with Crippen LogP contribution in [0.5, 0.6) is 5.75 Å². The van der Waals surface area contributed by atoms with E-state index in [4.69, 9.17) is 15.2 Å². The molecule has 2 N–H and O–H groups in total. The summed E-state index contributed by atoms with van der Waals surface area (Å²) in [4.78, 5) is 0. The number of nitrogens with two attached hydrogens (primary N) is 1. The van der Waals surface area contributed by atoms with Crippen molar-refractivity contribution in [1.82, 2.24) is 0 Å². The Morgan fingerprint density at radius 2 is 2.27 bits per heavy atom. The van der Waals surface area contributed by atoms with Crippen molar-refractivity contribution in [1.29, 1.82) is 0 Å². The van der Waals surface area contributed by atoms with Gasteiger partial charge in [-0.3, -0.25) is 0 Å². The average Bonchev–Trinajstić information content (AvgIpc) is 2.27. The SMILES string of the molecule is C=C(CN)COc1cccc(COC)c1. The highest BCUT2D eigenvalue weighted by Crippen LogP contribution is 2.14. The van der Waals surface area contributed by atoms with Crippen molar-refractivity contribution in [3.05, 3.63) is 42.0 Å². The third kappa shape index (κ3) is 4.14. The minimum atomic E-state index is 0.456. The molecule has 0 aliphatic rings. The molecule has 0 aliphatic heterocycles. The zero-order valence-electron chi connectivity index (χ0n) is 9.03. The number of methoxy groups -OCH3 is 1. The minimum Gasteiger partial charge on any atom is -0.489 e. The highest BCUT2D eigenvalue weighted by atomic mass is 16.5. The van der Waals surface area contributed by atoms with Gasteiger partial charge in [0.1, 0.15) is 12.4 Å². The number of hydrogen-bond acceptors (Lipinski definition) is 3. The third-order valence-electron chi connectivity index (χ3n) is 1.94. The molecule has 0 amide bonds. The van der Waals surface area contributed by atoms with Crippen LogP contribution in [-0.4, -0.2) is 20.3 Å². The first-order chi connectivity index (χ1) is 7.26. The van der Waals surface area contributed by atoms with E-state index in [2.05, 4.69) is 6.58 Å². The molecule has 0 aromatic heterocycles. The number of hydrogen-bond donors (Lipinski definition) is 1. The van der Waals surface area contributed by atoms with E-state index in [1.165, 1.54) is 0 Å². The molecule has 1 aromatic carbocycles. The smallest absolute Gasteiger partial charge is 0.120 e. The van der Waals surface area contributed by atoms with Gasteiger partial charge in [-0.05, 0) is 23.3 Å². The summed E-state index contributed by atoms with van der Waals surface area (Å²) in [6.07, 6.45) is 0. The fraction of sp³-hybridized carbons (Fsp3) is 0.333. The molecule has 0 heterocycles. The van der Waals surface area contributed by atoms with Gasteiger partial charge in [0.2, 0.25) is 0 Å². The van der Waals surface area contributed by atoms with Gasteiger partial charge in [0.25, 0.3) is 0 Å². The highest BCUT2D eigenvalue weighted by Gasteiger charge is 1.97. The summed E-state index contributed by atoms with van der Waals surface area (Å²) in [6.45, 7) is 5.29. The Hall–Kier alpha value is -1.32. The highest BCUT2D eigenvalue weighted by molar-refractivity contribution is 5.28. The fourth-order valence-electron chi connectivity index (χ4n) is 1.14. The standard InChI is InChI=1S/C12H17NO2/c1-10(7-13)8-15-12-5-3-4-11(6-12)9-14-2/h3-6H,1,7-9,13H2,2H3. The first-order valence-electron chi connectivity index (χ1n) is 4.83. The second kappa shape index (κ2) is 6.22. The van der Waals surface area contributed by atoms with Gasteiger partial charge in [-0.15, -0.1) is 0 Å². The number of rotatable bonds is 6. The van der Waals surface area contributed by atoms with Gasteiger partial charge in [0.05, 0.1) is 6.61 Å². The Bertz CT molecular complexity index is 323. The van der Waals surface area contributed by atoms with Gasteiger partial charge in [0.15, 0.2) is 0 Å². The molecule has 0 unspecified atom stereocenters. The zero-order valence-corrected chi connectivity index (χ0v) is 9.03. The molecule has 0 aliphatic carbocycles. The molecule has 82 valence electrons. The molecule has 0 fully saturated rings. The first kappa shape index (κ1) is 11.8. The van der Waals surface area contributed by atoms with Gasteiger partial charge in [-0.25, -0.2) is 0 Å². The third-order valence-corrected chi connectivity index (χ3v) is 1.94. The molecule has 0 atom stereocenters. The Kier molecular flexibility index (Phi) is 4.87. The van der Waals surface area contributed by atoms with Crippen molar-refractivity contribution < 1.29 is 9.47 Å². The summed E-state index contributed by atoms with van der Waals surface area (Å²) in [7, 11) is 1.67. The Morgan fingerprint density at radius 3 is 2.93 bits per heavy atom. The molecular weight excluding hydrogens is 190 g/mol. The monoisotopic (exact) mass is 207 g/mol. The van der Waals surface area contributed by atoms with Gasteiger partial charge >= 0.3 is 0 Å². The van der Waals surface area contributed by atoms with E-state index in [-0.39, 0.29) is 0 Å². The lowest BCUT2D eigenvalue weighted by atomic mass is 10.2. The van der Waals surface area contributed by atoms with Crippen molar-refractivity contribution in [2.75, 3.05) is 20.3 Å². The molecule has 0 saturated heterocycles. The van der Waals surface area contributed by atoms with Crippen molar-refractivity contribution >= 4 is 0 Å². The van der Waals surface area contributed by atoms with E-state index in [0.717, 1.165) is 16.9 Å². The van der Waals surface area contributed by atoms with E-state index in [0.29, 0.717) is 19.8 Å². The van der Waals surface area contributed by atoms with Gasteiger partial charge < -0.3 is 15.2 Å². The molecule has 3 nitrogen and oxygen atoms in total. The Labute approximate surface area is 90.5 Å². The van der Waals surface area contributed by atoms with Gasteiger partial charge in [-0.2, -0.15) is 0 Å². The van der Waals surface area contributed by atoms with Crippen molar-refractivity contribution in [2.45, 2.75) is 6.61 Å². The molecule has 1 aromatic rings. The van der Waals surface area contributed by atoms with Crippen LogP contribution in [0.1, 0.15) is 5.56 Å². The van der Waals surface area contributed by atoms with E-state index < -0.39 is 0 Å². The van der Waals surface area contributed by atoms with Crippen LogP contribution in [0.25, 0.3) is 0 Å². The van der Waals surface area contributed by atoms with Crippen LogP contribution >= 0.6 is 0 Å². The van der Waals surface area contributed by atoms with Crippen LogP contribution in [-0.2, 0) is 11.3 Å². The predicted molar refractivity (Wildman–Crippen MR) is 60.8 cm³/mol. The van der Waals surface area contributed by atoms with Crippen molar-refractivity contribution in [3.63, 3.8) is 0 Å². The maximum Gasteiger partial charge on any atom is 0.120 e. The second-order valence-corrected chi connectivity index (χ2v) is 3.32. The summed E-state index contributed by atoms with van der Waals surface area (Å²) < 4.78 is 10.5.